The molecule has 0 fully saturated rings. The third kappa shape index (κ3) is 6.44. The van der Waals surface area contributed by atoms with Gasteiger partial charge in [-0.1, -0.05) is 24.5 Å². The first-order valence-corrected chi connectivity index (χ1v) is 6.48. The van der Waals surface area contributed by atoms with E-state index in [4.69, 9.17) is 10.5 Å². The largest absolute Gasteiger partial charge is 0.372 e. The van der Waals surface area contributed by atoms with E-state index in [9.17, 15) is 4.79 Å². The van der Waals surface area contributed by atoms with Gasteiger partial charge in [0, 0.05) is 6.54 Å². The van der Waals surface area contributed by atoms with E-state index in [1.54, 1.807) is 0 Å². The molecule has 3 N–H and O–H groups in total. The molecule has 0 saturated heterocycles. The highest BCUT2D eigenvalue weighted by Crippen LogP contribution is 2.18. The Hall–Kier alpha value is -0.870. The van der Waals surface area contributed by atoms with Gasteiger partial charge in [0.2, 0.25) is 5.91 Å². The van der Waals surface area contributed by atoms with Gasteiger partial charge in [-0.3, -0.25) is 4.79 Å². The lowest BCUT2D eigenvalue weighted by atomic mass is 9.99. The molecule has 0 aromatic heterocycles. The average Bonchev–Trinajstić information content (AvgIpc) is 2.30. The molecule has 0 spiro atoms. The minimum Gasteiger partial charge on any atom is -0.372 e. The minimum atomic E-state index is -0.127. The topological polar surface area (TPSA) is 64.3 Å². The van der Waals surface area contributed by atoms with E-state index in [0.29, 0.717) is 13.2 Å². The Kier molecular flexibility index (Phi) is 6.89. The average molecular weight is 240 g/mol. The first-order chi connectivity index (χ1) is 8.22. The van der Waals surface area contributed by atoms with Crippen LogP contribution in [0.3, 0.4) is 0 Å². The van der Waals surface area contributed by atoms with Gasteiger partial charge in [-0.05, 0) is 26.2 Å². The molecule has 0 radical (unpaired) electrons. The van der Waals surface area contributed by atoms with E-state index in [1.807, 2.05) is 0 Å². The zero-order valence-electron chi connectivity index (χ0n) is 10.7. The molecule has 1 atom stereocenters. The van der Waals surface area contributed by atoms with Gasteiger partial charge in [0.25, 0.3) is 0 Å². The van der Waals surface area contributed by atoms with E-state index in [0.717, 1.165) is 6.42 Å². The SMILES string of the molecule is C/C1=C/C(OCCNC(=O)CN)CCCCC1. The van der Waals surface area contributed by atoms with Gasteiger partial charge < -0.3 is 15.8 Å². The monoisotopic (exact) mass is 240 g/mol. The number of hydrogen-bond donors (Lipinski definition) is 2. The third-order valence-corrected chi connectivity index (χ3v) is 2.97. The highest BCUT2D eigenvalue weighted by Gasteiger charge is 2.09. The quantitative estimate of drug-likeness (QED) is 0.563. The summed E-state index contributed by atoms with van der Waals surface area (Å²) in [5, 5.41) is 2.70. The lowest BCUT2D eigenvalue weighted by Gasteiger charge is -2.18. The number of allylic oxidation sites excluding steroid dienone is 1. The van der Waals surface area contributed by atoms with E-state index in [1.165, 1.54) is 31.3 Å². The van der Waals surface area contributed by atoms with Crippen LogP contribution >= 0.6 is 0 Å². The standard InChI is InChI=1S/C13H24N2O2/c1-11-5-3-2-4-6-12(9-11)17-8-7-15-13(16)10-14/h9,12H,2-8,10,14H2,1H3,(H,15,16)/b11-9-. The van der Waals surface area contributed by atoms with Crippen molar-refractivity contribution in [1.29, 1.82) is 0 Å². The molecule has 0 bridgehead atoms. The predicted octanol–water partition coefficient (Wildman–Crippen LogP) is 1.36. The molecule has 1 aliphatic rings. The first kappa shape index (κ1) is 14.2. The summed E-state index contributed by atoms with van der Waals surface area (Å²) in [7, 11) is 0. The van der Waals surface area contributed by atoms with Crippen LogP contribution in [0.5, 0.6) is 0 Å². The van der Waals surface area contributed by atoms with Crippen molar-refractivity contribution < 1.29 is 9.53 Å². The number of carbonyl (C=O) groups excluding carboxylic acids is 1. The van der Waals surface area contributed by atoms with Crippen LogP contribution < -0.4 is 11.1 Å². The molecule has 1 amide bonds. The van der Waals surface area contributed by atoms with E-state index < -0.39 is 0 Å². The van der Waals surface area contributed by atoms with Gasteiger partial charge in [-0.15, -0.1) is 0 Å². The number of ether oxygens (including phenoxy) is 1. The normalized spacial score (nSPS) is 24.4. The molecule has 0 aromatic rings. The minimum absolute atomic E-state index is 0.0441. The molecular formula is C13H24N2O2. The van der Waals surface area contributed by atoms with E-state index in [2.05, 4.69) is 18.3 Å². The molecule has 4 nitrogen and oxygen atoms in total. The second kappa shape index (κ2) is 8.25. The maximum atomic E-state index is 10.9. The van der Waals surface area contributed by atoms with Crippen LogP contribution in [0.15, 0.2) is 11.6 Å². The van der Waals surface area contributed by atoms with Crippen molar-refractivity contribution in [3.8, 4) is 0 Å². The Labute approximate surface area is 104 Å². The number of nitrogens with two attached hydrogens (primary N) is 1. The van der Waals surface area contributed by atoms with Gasteiger partial charge in [-0.2, -0.15) is 0 Å². The first-order valence-electron chi connectivity index (χ1n) is 6.48. The van der Waals surface area contributed by atoms with Gasteiger partial charge in [-0.25, -0.2) is 0 Å². The van der Waals surface area contributed by atoms with Crippen LogP contribution in [0.4, 0.5) is 0 Å². The molecule has 0 heterocycles. The highest BCUT2D eigenvalue weighted by atomic mass is 16.5. The van der Waals surface area contributed by atoms with E-state index >= 15 is 0 Å². The summed E-state index contributed by atoms with van der Waals surface area (Å²) in [6.07, 6.45) is 8.51. The van der Waals surface area contributed by atoms with E-state index in [-0.39, 0.29) is 18.6 Å². The summed E-state index contributed by atoms with van der Waals surface area (Å²) in [5.41, 5.74) is 6.61. The van der Waals surface area contributed by atoms with Gasteiger partial charge in [0.1, 0.15) is 0 Å². The van der Waals surface area contributed by atoms with Crippen LogP contribution in [0.2, 0.25) is 0 Å². The van der Waals surface area contributed by atoms with Crippen molar-refractivity contribution in [3.63, 3.8) is 0 Å². The molecule has 1 aliphatic carbocycles. The smallest absolute Gasteiger partial charge is 0.233 e. The zero-order valence-corrected chi connectivity index (χ0v) is 10.7. The van der Waals surface area contributed by atoms with Gasteiger partial charge >= 0.3 is 0 Å². The maximum absolute atomic E-state index is 10.9. The molecule has 0 aliphatic heterocycles. The summed E-state index contributed by atoms with van der Waals surface area (Å²) in [5.74, 6) is -0.127. The molecule has 98 valence electrons. The van der Waals surface area contributed by atoms with Crippen LogP contribution in [0, 0.1) is 0 Å². The summed E-state index contributed by atoms with van der Waals surface area (Å²) in [4.78, 5) is 10.9. The number of hydrogen-bond acceptors (Lipinski definition) is 3. The van der Waals surface area contributed by atoms with Gasteiger partial charge in [0.05, 0.1) is 19.3 Å². The van der Waals surface area contributed by atoms with Crippen LogP contribution in [0.25, 0.3) is 0 Å². The van der Waals surface area contributed by atoms with Crippen molar-refractivity contribution >= 4 is 5.91 Å². The number of rotatable bonds is 5. The van der Waals surface area contributed by atoms with Crippen LogP contribution in [-0.2, 0) is 9.53 Å². The second-order valence-electron chi connectivity index (χ2n) is 4.58. The fourth-order valence-corrected chi connectivity index (χ4v) is 2.01. The maximum Gasteiger partial charge on any atom is 0.233 e. The Morgan fingerprint density at radius 2 is 2.35 bits per heavy atom. The Morgan fingerprint density at radius 3 is 3.12 bits per heavy atom. The molecule has 1 unspecified atom stereocenters. The van der Waals surface area contributed by atoms with Gasteiger partial charge in [0.15, 0.2) is 0 Å². The van der Waals surface area contributed by atoms with Crippen molar-refractivity contribution in [2.45, 2.75) is 45.1 Å². The lowest BCUT2D eigenvalue weighted by Crippen LogP contribution is -2.33. The third-order valence-electron chi connectivity index (χ3n) is 2.97. The van der Waals surface area contributed by atoms with Crippen molar-refractivity contribution in [3.05, 3.63) is 11.6 Å². The summed E-state index contributed by atoms with van der Waals surface area (Å²) in [6.45, 7) is 3.31. The fraction of sp³-hybridized carbons (Fsp3) is 0.769. The number of carbonyl (C=O) groups is 1. The van der Waals surface area contributed by atoms with Crippen LogP contribution in [0.1, 0.15) is 39.0 Å². The molecule has 17 heavy (non-hydrogen) atoms. The Balaban J connectivity index is 2.22. The number of nitrogens with one attached hydrogen (secondary N) is 1. The van der Waals surface area contributed by atoms with Crippen molar-refractivity contribution in [2.75, 3.05) is 19.7 Å². The van der Waals surface area contributed by atoms with Crippen LogP contribution in [-0.4, -0.2) is 31.7 Å². The Bertz CT molecular complexity index is 264. The van der Waals surface area contributed by atoms with Crippen molar-refractivity contribution in [1.82, 2.24) is 5.32 Å². The highest BCUT2D eigenvalue weighted by molar-refractivity contribution is 5.77. The lowest BCUT2D eigenvalue weighted by molar-refractivity contribution is -0.120. The number of amides is 1. The predicted molar refractivity (Wildman–Crippen MR) is 68.6 cm³/mol. The molecule has 0 saturated carbocycles. The summed E-state index contributed by atoms with van der Waals surface area (Å²) in [6, 6.07) is 0. The Morgan fingerprint density at radius 1 is 1.53 bits per heavy atom. The fourth-order valence-electron chi connectivity index (χ4n) is 2.01. The zero-order chi connectivity index (χ0) is 12.5. The summed E-state index contributed by atoms with van der Waals surface area (Å²) < 4.78 is 5.75. The van der Waals surface area contributed by atoms with Crippen molar-refractivity contribution in [2.24, 2.45) is 5.73 Å². The molecule has 1 rings (SSSR count). The molecule has 0 aromatic carbocycles. The molecular weight excluding hydrogens is 216 g/mol. The summed E-state index contributed by atoms with van der Waals surface area (Å²) >= 11 is 0. The second-order valence-corrected chi connectivity index (χ2v) is 4.58. The molecule has 4 heteroatoms.